The fraction of sp³-hybridized carbons (Fsp3) is 0.375. The van der Waals surface area contributed by atoms with Crippen LogP contribution in [0.25, 0.3) is 5.65 Å². The molecule has 25 heavy (non-hydrogen) atoms. The normalized spacial score (nSPS) is 14.4. The van der Waals surface area contributed by atoms with Gasteiger partial charge in [0.1, 0.15) is 5.69 Å². The largest absolute Gasteiger partial charge is 0.318 e. The van der Waals surface area contributed by atoms with E-state index in [4.69, 9.17) is 0 Å². The maximum absolute atomic E-state index is 13.4. The lowest BCUT2D eigenvalue weighted by molar-refractivity contribution is 0.102. The van der Waals surface area contributed by atoms with Gasteiger partial charge in [0, 0.05) is 24.7 Å². The van der Waals surface area contributed by atoms with Gasteiger partial charge < -0.3 is 5.32 Å². The predicted molar refractivity (Wildman–Crippen MR) is 85.8 cm³/mol. The Morgan fingerprint density at radius 3 is 2.72 bits per heavy atom. The number of aromatic nitrogens is 5. The Morgan fingerprint density at radius 2 is 2.12 bits per heavy atom. The van der Waals surface area contributed by atoms with Crippen molar-refractivity contribution in [1.29, 1.82) is 0 Å². The van der Waals surface area contributed by atoms with E-state index < -0.39 is 12.3 Å². The number of nitrogens with one attached hydrogen (secondary N) is 1. The third kappa shape index (κ3) is 2.75. The Morgan fingerprint density at radius 1 is 1.36 bits per heavy atom. The molecule has 3 aromatic heterocycles. The number of nitrogens with zero attached hydrogens (tertiary/aromatic N) is 5. The summed E-state index contributed by atoms with van der Waals surface area (Å²) in [5, 5.41) is 10.8. The molecule has 0 saturated heterocycles. The van der Waals surface area contributed by atoms with Crippen LogP contribution in [0, 0.1) is 6.92 Å². The summed E-state index contributed by atoms with van der Waals surface area (Å²) < 4.78 is 29.4. The summed E-state index contributed by atoms with van der Waals surface area (Å²) in [6, 6.07) is 2.81. The van der Waals surface area contributed by atoms with Gasteiger partial charge in [0.2, 0.25) is 0 Å². The molecule has 3 aromatic rings. The van der Waals surface area contributed by atoms with Gasteiger partial charge in [0.05, 0.1) is 17.6 Å². The molecule has 1 aliphatic carbocycles. The molecule has 4 rings (SSSR count). The first-order valence-corrected chi connectivity index (χ1v) is 7.92. The third-order valence-electron chi connectivity index (χ3n) is 4.41. The minimum absolute atomic E-state index is 0.0330. The molecule has 1 N–H and O–H groups in total. The molecule has 1 saturated carbocycles. The Hall–Kier alpha value is -2.84. The summed E-state index contributed by atoms with van der Waals surface area (Å²) in [7, 11) is 1.76. The fourth-order valence-corrected chi connectivity index (χ4v) is 2.68. The number of anilines is 1. The molecule has 0 aromatic carbocycles. The Labute approximate surface area is 141 Å². The first kappa shape index (κ1) is 15.7. The smallest absolute Gasteiger partial charge is 0.280 e. The minimum Gasteiger partial charge on any atom is -0.318 e. The van der Waals surface area contributed by atoms with Crippen LogP contribution in [0.15, 0.2) is 18.3 Å². The van der Waals surface area contributed by atoms with Gasteiger partial charge in [-0.05, 0) is 25.8 Å². The maximum atomic E-state index is 13.4. The van der Waals surface area contributed by atoms with Gasteiger partial charge in [0.15, 0.2) is 11.3 Å². The summed E-state index contributed by atoms with van der Waals surface area (Å²) in [6.07, 6.45) is 0.734. The van der Waals surface area contributed by atoms with Gasteiger partial charge >= 0.3 is 0 Å². The van der Waals surface area contributed by atoms with E-state index in [9.17, 15) is 13.6 Å². The van der Waals surface area contributed by atoms with Crippen LogP contribution in [0.5, 0.6) is 0 Å². The third-order valence-corrected chi connectivity index (χ3v) is 4.41. The Bertz CT molecular complexity index is 973. The van der Waals surface area contributed by atoms with E-state index in [1.165, 1.54) is 18.3 Å². The van der Waals surface area contributed by atoms with Gasteiger partial charge in [-0.3, -0.25) is 9.48 Å². The number of carbonyl (C=O) groups is 1. The van der Waals surface area contributed by atoms with Gasteiger partial charge in [0.25, 0.3) is 12.3 Å². The van der Waals surface area contributed by atoms with Crippen molar-refractivity contribution in [2.75, 3.05) is 5.32 Å². The molecule has 3 heterocycles. The van der Waals surface area contributed by atoms with Crippen LogP contribution in [0.4, 0.5) is 14.5 Å². The van der Waals surface area contributed by atoms with Gasteiger partial charge in [-0.15, -0.1) is 0 Å². The molecule has 1 fully saturated rings. The topological polar surface area (TPSA) is 77.1 Å². The van der Waals surface area contributed by atoms with Crippen molar-refractivity contribution in [2.45, 2.75) is 32.1 Å². The average Bonchev–Trinajstić information content (AvgIpc) is 3.27. The van der Waals surface area contributed by atoms with E-state index in [2.05, 4.69) is 20.5 Å². The number of rotatable bonds is 4. The van der Waals surface area contributed by atoms with E-state index >= 15 is 0 Å². The highest BCUT2D eigenvalue weighted by Gasteiger charge is 2.28. The lowest BCUT2D eigenvalue weighted by atomic mass is 10.2. The summed E-state index contributed by atoms with van der Waals surface area (Å²) in [5.74, 6) is -0.262. The van der Waals surface area contributed by atoms with E-state index in [-0.39, 0.29) is 23.0 Å². The van der Waals surface area contributed by atoms with Crippen molar-refractivity contribution in [3.8, 4) is 0 Å². The molecule has 0 atom stereocenters. The maximum Gasteiger partial charge on any atom is 0.280 e. The number of hydrogen-bond acceptors (Lipinski definition) is 4. The van der Waals surface area contributed by atoms with Crippen LogP contribution in [0.3, 0.4) is 0 Å². The van der Waals surface area contributed by atoms with E-state index in [0.29, 0.717) is 11.4 Å². The van der Waals surface area contributed by atoms with E-state index in [0.717, 1.165) is 23.1 Å². The van der Waals surface area contributed by atoms with Crippen molar-refractivity contribution >= 4 is 17.2 Å². The molecule has 0 radical (unpaired) electrons. The van der Waals surface area contributed by atoms with Crippen LogP contribution < -0.4 is 5.32 Å². The summed E-state index contributed by atoms with van der Waals surface area (Å²) in [6.45, 7) is 1.81. The van der Waals surface area contributed by atoms with Gasteiger partial charge in [-0.2, -0.15) is 10.2 Å². The number of amides is 1. The number of fused-ring (bicyclic) bond motifs is 1. The van der Waals surface area contributed by atoms with Gasteiger partial charge in [-0.1, -0.05) is 0 Å². The standard InChI is InChI=1S/C16H16F2N6O/c1-8-12(7-19-23(8)2)21-16(25)11-6-14-20-10(9-3-4-9)5-13(15(17)18)24(14)22-11/h5-7,9,15H,3-4H2,1-2H3,(H,21,25). The summed E-state index contributed by atoms with van der Waals surface area (Å²) in [5.41, 5.74) is 2.00. The molecule has 0 spiro atoms. The number of aryl methyl sites for hydroxylation is 1. The number of halogens is 2. The molecule has 0 aliphatic heterocycles. The SMILES string of the molecule is Cc1c(NC(=O)c2cc3nc(C4CC4)cc(C(F)F)n3n2)cnn1C. The molecule has 9 heteroatoms. The van der Waals surface area contributed by atoms with Crippen molar-refractivity contribution in [3.63, 3.8) is 0 Å². The highest BCUT2D eigenvalue weighted by atomic mass is 19.3. The lowest BCUT2D eigenvalue weighted by Gasteiger charge is -2.06. The molecular formula is C16H16F2N6O. The molecular weight excluding hydrogens is 330 g/mol. The average molecular weight is 346 g/mol. The first-order valence-electron chi connectivity index (χ1n) is 7.92. The summed E-state index contributed by atoms with van der Waals surface area (Å²) in [4.78, 5) is 16.8. The lowest BCUT2D eigenvalue weighted by Crippen LogP contribution is -2.13. The van der Waals surface area contributed by atoms with Crippen molar-refractivity contribution in [2.24, 2.45) is 7.05 Å². The molecule has 1 amide bonds. The first-order chi connectivity index (χ1) is 11.9. The van der Waals surface area contributed by atoms with Gasteiger partial charge in [-0.25, -0.2) is 18.3 Å². The number of carbonyl (C=O) groups excluding carboxylic acids is 1. The van der Waals surface area contributed by atoms with Crippen molar-refractivity contribution in [1.82, 2.24) is 24.4 Å². The number of alkyl halides is 2. The second kappa shape index (κ2) is 5.61. The van der Waals surface area contributed by atoms with Crippen LogP contribution in [0.1, 0.15) is 52.8 Å². The zero-order valence-electron chi connectivity index (χ0n) is 13.7. The van der Waals surface area contributed by atoms with Crippen LogP contribution >= 0.6 is 0 Å². The molecule has 0 bridgehead atoms. The van der Waals surface area contributed by atoms with E-state index in [1.807, 2.05) is 6.92 Å². The van der Waals surface area contributed by atoms with Crippen LogP contribution in [0.2, 0.25) is 0 Å². The number of hydrogen-bond donors (Lipinski definition) is 1. The second-order valence-electron chi connectivity index (χ2n) is 6.20. The fourth-order valence-electron chi connectivity index (χ4n) is 2.68. The van der Waals surface area contributed by atoms with E-state index in [1.54, 1.807) is 11.7 Å². The van der Waals surface area contributed by atoms with Crippen LogP contribution in [-0.4, -0.2) is 30.3 Å². The molecule has 0 unspecified atom stereocenters. The van der Waals surface area contributed by atoms with Crippen molar-refractivity contribution < 1.29 is 13.6 Å². The Kier molecular flexibility index (Phi) is 3.52. The molecule has 7 nitrogen and oxygen atoms in total. The Balaban J connectivity index is 1.71. The zero-order valence-corrected chi connectivity index (χ0v) is 13.7. The van der Waals surface area contributed by atoms with Crippen molar-refractivity contribution in [3.05, 3.63) is 41.1 Å². The second-order valence-corrected chi connectivity index (χ2v) is 6.20. The zero-order chi connectivity index (χ0) is 17.7. The highest BCUT2D eigenvalue weighted by Crippen LogP contribution is 2.40. The summed E-state index contributed by atoms with van der Waals surface area (Å²) >= 11 is 0. The van der Waals surface area contributed by atoms with Crippen LogP contribution in [-0.2, 0) is 7.05 Å². The quantitative estimate of drug-likeness (QED) is 0.788. The molecule has 130 valence electrons. The predicted octanol–water partition coefficient (Wildman–Crippen LogP) is 2.84. The highest BCUT2D eigenvalue weighted by molar-refractivity contribution is 6.03. The monoisotopic (exact) mass is 346 g/mol. The molecule has 1 aliphatic rings. The minimum atomic E-state index is -2.70.